The van der Waals surface area contributed by atoms with Gasteiger partial charge in [0, 0.05) is 25.0 Å². The van der Waals surface area contributed by atoms with Crippen LogP contribution in [0.2, 0.25) is 0 Å². The van der Waals surface area contributed by atoms with Crippen LogP contribution in [0.1, 0.15) is 50.2 Å². The third-order valence-electron chi connectivity index (χ3n) is 7.45. The third-order valence-corrected chi connectivity index (χ3v) is 7.45. The van der Waals surface area contributed by atoms with Crippen molar-refractivity contribution in [3.05, 3.63) is 53.7 Å². The standard InChI is InChI=1S/C27H35N5O3/c1-17-9-11-21(12-10-17)31(3)26(34)24-22(15-19-13-14-29-23(28)16-19)25(33)32(24)27(35)30-18(2)20-7-5-4-6-8-20/h9-14,16,18,20,22,24H,4-8,15H2,1-3H3,(H2,28,29)(H,30,35)/t18-,22-,24+/m1/s1. The lowest BCUT2D eigenvalue weighted by atomic mass is 9.81. The Morgan fingerprint density at radius 2 is 1.86 bits per heavy atom. The van der Waals surface area contributed by atoms with Crippen LogP contribution in [-0.4, -0.2) is 46.9 Å². The van der Waals surface area contributed by atoms with Gasteiger partial charge in [0.25, 0.3) is 5.91 Å². The molecule has 2 heterocycles. The van der Waals surface area contributed by atoms with Crippen molar-refractivity contribution in [2.45, 2.75) is 64.5 Å². The number of aromatic nitrogens is 1. The molecule has 186 valence electrons. The summed E-state index contributed by atoms with van der Waals surface area (Å²) in [5, 5.41) is 3.01. The maximum atomic E-state index is 13.6. The molecule has 3 atom stereocenters. The third kappa shape index (κ3) is 5.31. The zero-order valence-electron chi connectivity index (χ0n) is 20.7. The van der Waals surface area contributed by atoms with Gasteiger partial charge in [-0.05, 0) is 68.9 Å². The van der Waals surface area contributed by atoms with Crippen LogP contribution in [0.15, 0.2) is 42.6 Å². The number of nitrogen functional groups attached to an aromatic ring is 1. The van der Waals surface area contributed by atoms with Crippen LogP contribution in [0.4, 0.5) is 16.3 Å². The molecule has 3 N–H and O–H groups in total. The van der Waals surface area contributed by atoms with Crippen molar-refractivity contribution in [2.24, 2.45) is 11.8 Å². The molecule has 1 saturated heterocycles. The van der Waals surface area contributed by atoms with Gasteiger partial charge >= 0.3 is 6.03 Å². The molecule has 1 aliphatic carbocycles. The molecule has 35 heavy (non-hydrogen) atoms. The molecule has 8 heteroatoms. The first-order chi connectivity index (χ1) is 16.8. The molecule has 1 aromatic carbocycles. The maximum absolute atomic E-state index is 13.6. The Kier molecular flexibility index (Phi) is 7.38. The first kappa shape index (κ1) is 24.7. The highest BCUT2D eigenvalue weighted by Gasteiger charge is 2.55. The number of carbonyl (C=O) groups excluding carboxylic acids is 3. The van der Waals surface area contributed by atoms with Gasteiger partial charge in [-0.15, -0.1) is 0 Å². The number of nitrogens with two attached hydrogens (primary N) is 1. The van der Waals surface area contributed by atoms with Crippen LogP contribution >= 0.6 is 0 Å². The summed E-state index contributed by atoms with van der Waals surface area (Å²) in [7, 11) is 1.68. The molecule has 0 bridgehead atoms. The Morgan fingerprint density at radius 1 is 1.17 bits per heavy atom. The normalized spacial score (nSPS) is 21.2. The van der Waals surface area contributed by atoms with Crippen molar-refractivity contribution in [1.82, 2.24) is 15.2 Å². The van der Waals surface area contributed by atoms with Crippen molar-refractivity contribution in [1.29, 1.82) is 0 Å². The van der Waals surface area contributed by atoms with Gasteiger partial charge in [-0.3, -0.25) is 14.5 Å². The van der Waals surface area contributed by atoms with Gasteiger partial charge < -0.3 is 16.0 Å². The molecule has 4 rings (SSSR count). The number of pyridine rings is 1. The fourth-order valence-electron chi connectivity index (χ4n) is 5.24. The Hall–Kier alpha value is -3.42. The van der Waals surface area contributed by atoms with Crippen molar-refractivity contribution < 1.29 is 14.4 Å². The molecular formula is C27H35N5O3. The number of aryl methyl sites for hydroxylation is 1. The van der Waals surface area contributed by atoms with E-state index in [1.165, 1.54) is 11.3 Å². The van der Waals surface area contributed by atoms with Gasteiger partial charge in [0.05, 0.1) is 5.92 Å². The SMILES string of the molecule is Cc1ccc(N(C)C(=O)[C@@H]2[C@@H](Cc3ccnc(N)c3)C(=O)N2C(=O)N[C@H](C)C2CCCCC2)cc1. The summed E-state index contributed by atoms with van der Waals surface area (Å²) in [6.45, 7) is 3.97. The highest BCUT2D eigenvalue weighted by Crippen LogP contribution is 2.33. The Morgan fingerprint density at radius 3 is 2.51 bits per heavy atom. The lowest BCUT2D eigenvalue weighted by Crippen LogP contribution is -2.71. The smallest absolute Gasteiger partial charge is 0.325 e. The molecule has 2 aliphatic rings. The number of hydrogen-bond acceptors (Lipinski definition) is 5. The second-order valence-corrected chi connectivity index (χ2v) is 9.92. The lowest BCUT2D eigenvalue weighted by Gasteiger charge is -2.46. The van der Waals surface area contributed by atoms with Crippen LogP contribution in [0.3, 0.4) is 0 Å². The van der Waals surface area contributed by atoms with Gasteiger partial charge in [0.1, 0.15) is 11.9 Å². The van der Waals surface area contributed by atoms with E-state index in [9.17, 15) is 14.4 Å². The fourth-order valence-corrected chi connectivity index (χ4v) is 5.24. The summed E-state index contributed by atoms with van der Waals surface area (Å²) in [6.07, 6.45) is 7.58. The predicted octanol–water partition coefficient (Wildman–Crippen LogP) is 3.68. The molecule has 1 aliphatic heterocycles. The zero-order valence-corrected chi connectivity index (χ0v) is 20.7. The van der Waals surface area contributed by atoms with E-state index in [1.54, 1.807) is 25.4 Å². The van der Waals surface area contributed by atoms with Crippen LogP contribution in [0, 0.1) is 18.8 Å². The molecule has 1 saturated carbocycles. The number of nitrogens with zero attached hydrogens (tertiary/aromatic N) is 3. The second-order valence-electron chi connectivity index (χ2n) is 9.92. The number of hydrogen-bond donors (Lipinski definition) is 2. The minimum atomic E-state index is -0.887. The number of β-lactam (4-membered cyclic amide) rings is 1. The van der Waals surface area contributed by atoms with Gasteiger partial charge in [-0.25, -0.2) is 9.78 Å². The first-order valence-electron chi connectivity index (χ1n) is 12.4. The van der Waals surface area contributed by atoms with Crippen LogP contribution in [-0.2, 0) is 16.0 Å². The number of nitrogens with one attached hydrogen (secondary N) is 1. The lowest BCUT2D eigenvalue weighted by molar-refractivity contribution is -0.156. The van der Waals surface area contributed by atoms with Crippen LogP contribution < -0.4 is 16.0 Å². The summed E-state index contributed by atoms with van der Waals surface area (Å²) >= 11 is 0. The summed E-state index contributed by atoms with van der Waals surface area (Å²) in [5.74, 6) is -0.535. The van der Waals surface area contributed by atoms with Crippen molar-refractivity contribution in [3.8, 4) is 0 Å². The Labute approximate surface area is 206 Å². The van der Waals surface area contributed by atoms with E-state index < -0.39 is 18.0 Å². The van der Waals surface area contributed by atoms with Gasteiger partial charge in [0.15, 0.2) is 0 Å². The van der Waals surface area contributed by atoms with Crippen LogP contribution in [0.5, 0.6) is 0 Å². The zero-order chi connectivity index (χ0) is 25.1. The molecular weight excluding hydrogens is 442 g/mol. The van der Waals surface area contributed by atoms with E-state index in [2.05, 4.69) is 10.3 Å². The Bertz CT molecular complexity index is 1080. The monoisotopic (exact) mass is 477 g/mol. The topological polar surface area (TPSA) is 109 Å². The van der Waals surface area contributed by atoms with E-state index in [-0.39, 0.29) is 17.9 Å². The quantitative estimate of drug-likeness (QED) is 0.617. The molecule has 0 unspecified atom stereocenters. The number of likely N-dealkylation sites (tertiary alicyclic amines) is 1. The molecule has 8 nitrogen and oxygen atoms in total. The summed E-state index contributed by atoms with van der Waals surface area (Å²) < 4.78 is 0. The number of anilines is 2. The number of benzene rings is 1. The van der Waals surface area contributed by atoms with Crippen molar-refractivity contribution in [2.75, 3.05) is 17.7 Å². The summed E-state index contributed by atoms with van der Waals surface area (Å²) in [5.41, 5.74) is 8.42. The molecule has 4 amide bonds. The van der Waals surface area contributed by atoms with Crippen molar-refractivity contribution >= 4 is 29.4 Å². The molecule has 1 aromatic heterocycles. The van der Waals surface area contributed by atoms with E-state index in [0.29, 0.717) is 23.8 Å². The number of carbonyl (C=O) groups is 3. The highest BCUT2D eigenvalue weighted by molar-refractivity contribution is 6.12. The van der Waals surface area contributed by atoms with Gasteiger partial charge in [-0.2, -0.15) is 0 Å². The number of urea groups is 1. The van der Waals surface area contributed by atoms with Gasteiger partial charge in [-0.1, -0.05) is 37.0 Å². The molecule has 0 radical (unpaired) electrons. The average Bonchev–Trinajstić information content (AvgIpc) is 2.85. The summed E-state index contributed by atoms with van der Waals surface area (Å²) in [6, 6.07) is 9.63. The minimum Gasteiger partial charge on any atom is -0.384 e. The second kappa shape index (κ2) is 10.5. The summed E-state index contributed by atoms with van der Waals surface area (Å²) in [4.78, 5) is 46.7. The number of imide groups is 1. The molecule has 2 fully saturated rings. The first-order valence-corrected chi connectivity index (χ1v) is 12.4. The average molecular weight is 478 g/mol. The van der Waals surface area contributed by atoms with Gasteiger partial charge in [0.2, 0.25) is 5.91 Å². The fraction of sp³-hybridized carbons (Fsp3) is 0.481. The predicted molar refractivity (Wildman–Crippen MR) is 136 cm³/mol. The van der Waals surface area contributed by atoms with Crippen molar-refractivity contribution in [3.63, 3.8) is 0 Å². The van der Waals surface area contributed by atoms with E-state index in [1.807, 2.05) is 38.1 Å². The maximum Gasteiger partial charge on any atom is 0.325 e. The molecule has 0 spiro atoms. The van der Waals surface area contributed by atoms with E-state index >= 15 is 0 Å². The number of rotatable bonds is 6. The largest absolute Gasteiger partial charge is 0.384 e. The number of likely N-dealkylation sites (N-methyl/N-ethyl adjacent to an activating group) is 1. The number of amides is 4. The van der Waals surface area contributed by atoms with E-state index in [4.69, 9.17) is 5.73 Å². The van der Waals surface area contributed by atoms with E-state index in [0.717, 1.165) is 41.7 Å². The Balaban J connectivity index is 1.55. The minimum absolute atomic E-state index is 0.0553. The van der Waals surface area contributed by atoms with Crippen LogP contribution in [0.25, 0.3) is 0 Å². The molecule has 2 aromatic rings. The highest BCUT2D eigenvalue weighted by atomic mass is 16.2.